The van der Waals surface area contributed by atoms with E-state index in [2.05, 4.69) is 4.99 Å². The smallest absolute Gasteiger partial charge is 0.341 e. The minimum Gasteiger partial charge on any atom is -0.465 e. The van der Waals surface area contributed by atoms with Gasteiger partial charge in [0.05, 0.1) is 40.6 Å². The highest BCUT2D eigenvalue weighted by atomic mass is 35.5. The molecule has 0 aromatic heterocycles. The fraction of sp³-hybridized carbons (Fsp3) is 0.333. The second kappa shape index (κ2) is 9.13. The van der Waals surface area contributed by atoms with Crippen molar-refractivity contribution in [3.8, 4) is 6.07 Å². The Morgan fingerprint density at radius 1 is 1.30 bits per heavy atom. The third-order valence-electron chi connectivity index (χ3n) is 2.59. The summed E-state index contributed by atoms with van der Waals surface area (Å²) in [5, 5.41) is 9.06. The molecule has 1 aromatic rings. The van der Waals surface area contributed by atoms with Crippen molar-refractivity contribution in [2.45, 2.75) is 13.8 Å². The van der Waals surface area contributed by atoms with Crippen LogP contribution in [0.2, 0.25) is 10.0 Å². The maximum Gasteiger partial charge on any atom is 0.341 e. The summed E-state index contributed by atoms with van der Waals surface area (Å²) in [5.41, 5.74) is 0.165. The first-order chi connectivity index (χ1) is 11.0. The van der Waals surface area contributed by atoms with E-state index in [-0.39, 0.29) is 34.5 Å². The molecule has 0 saturated carbocycles. The molecular weight excluding hydrogens is 343 g/mol. The topological polar surface area (TPSA) is 88.8 Å². The summed E-state index contributed by atoms with van der Waals surface area (Å²) in [7, 11) is 0. The Morgan fingerprint density at radius 2 is 1.96 bits per heavy atom. The molecule has 122 valence electrons. The number of nitrogens with zero attached hydrogens (tertiary/aromatic N) is 2. The Bertz CT molecular complexity index is 668. The van der Waals surface area contributed by atoms with E-state index in [1.807, 2.05) is 0 Å². The largest absolute Gasteiger partial charge is 0.465 e. The normalized spacial score (nSPS) is 11.8. The maximum absolute atomic E-state index is 11.9. The van der Waals surface area contributed by atoms with E-state index in [1.54, 1.807) is 19.9 Å². The summed E-state index contributed by atoms with van der Waals surface area (Å²) in [5.74, 6) is -2.57. The molecular formula is C15H14Cl2N2O4. The molecule has 0 bridgehead atoms. The highest BCUT2D eigenvalue weighted by Gasteiger charge is 2.20. The van der Waals surface area contributed by atoms with Gasteiger partial charge >= 0.3 is 11.9 Å². The van der Waals surface area contributed by atoms with Gasteiger partial charge in [0.15, 0.2) is 5.92 Å². The van der Waals surface area contributed by atoms with Crippen LogP contribution in [0.25, 0.3) is 0 Å². The third-order valence-corrected chi connectivity index (χ3v) is 3.29. The van der Waals surface area contributed by atoms with Crippen LogP contribution < -0.4 is 0 Å². The van der Waals surface area contributed by atoms with Gasteiger partial charge in [0, 0.05) is 6.21 Å². The van der Waals surface area contributed by atoms with Crippen LogP contribution in [0.15, 0.2) is 17.1 Å². The number of halogens is 2. The van der Waals surface area contributed by atoms with Crippen molar-refractivity contribution in [3.63, 3.8) is 0 Å². The molecule has 0 amide bonds. The molecule has 0 aliphatic rings. The Labute approximate surface area is 143 Å². The number of esters is 2. The van der Waals surface area contributed by atoms with E-state index in [1.165, 1.54) is 12.1 Å². The quantitative estimate of drug-likeness (QED) is 0.574. The van der Waals surface area contributed by atoms with E-state index < -0.39 is 17.9 Å². The lowest BCUT2D eigenvalue weighted by Gasteiger charge is -2.08. The van der Waals surface area contributed by atoms with Gasteiger partial charge in [0.25, 0.3) is 0 Å². The Kier molecular flexibility index (Phi) is 7.52. The minimum absolute atomic E-state index is 0.0190. The van der Waals surface area contributed by atoms with Crippen LogP contribution in [0.3, 0.4) is 0 Å². The van der Waals surface area contributed by atoms with Gasteiger partial charge in [-0.1, -0.05) is 23.2 Å². The van der Waals surface area contributed by atoms with Gasteiger partial charge in [0.2, 0.25) is 0 Å². The van der Waals surface area contributed by atoms with Gasteiger partial charge in [-0.05, 0) is 26.0 Å². The van der Waals surface area contributed by atoms with Crippen molar-refractivity contribution < 1.29 is 19.1 Å². The SMILES string of the molecule is CCOC(=O)c1c(Cl)ccc(N=CC(C#N)C(=O)OCC)c1Cl. The molecule has 0 saturated heterocycles. The summed E-state index contributed by atoms with van der Waals surface area (Å²) >= 11 is 12.1. The standard InChI is InChI=1S/C15H14Cl2N2O4/c1-3-22-14(20)9(7-18)8-19-11-6-5-10(16)12(13(11)17)15(21)23-4-2/h5-6,8-9H,3-4H2,1-2H3. The van der Waals surface area contributed by atoms with Crippen LogP contribution in [-0.2, 0) is 14.3 Å². The number of benzene rings is 1. The zero-order valence-electron chi connectivity index (χ0n) is 12.5. The van der Waals surface area contributed by atoms with Crippen molar-refractivity contribution in [3.05, 3.63) is 27.7 Å². The van der Waals surface area contributed by atoms with Gasteiger partial charge in [-0.15, -0.1) is 0 Å². The summed E-state index contributed by atoms with van der Waals surface area (Å²) in [6, 6.07) is 4.65. The molecule has 1 unspecified atom stereocenters. The third kappa shape index (κ3) is 4.95. The van der Waals surface area contributed by atoms with Gasteiger partial charge in [-0.3, -0.25) is 9.79 Å². The molecule has 1 rings (SSSR count). The number of carbonyl (C=O) groups excluding carboxylic acids is 2. The van der Waals surface area contributed by atoms with Crippen LogP contribution in [0.4, 0.5) is 5.69 Å². The van der Waals surface area contributed by atoms with Crippen LogP contribution in [-0.4, -0.2) is 31.4 Å². The van der Waals surface area contributed by atoms with Crippen LogP contribution in [0, 0.1) is 17.2 Å². The van der Waals surface area contributed by atoms with Crippen molar-refractivity contribution >= 4 is 47.0 Å². The predicted molar refractivity (Wildman–Crippen MR) is 86.3 cm³/mol. The highest BCUT2D eigenvalue weighted by molar-refractivity contribution is 6.41. The Balaban J connectivity index is 3.13. The number of hydrogen-bond donors (Lipinski definition) is 0. The Morgan fingerprint density at radius 3 is 2.52 bits per heavy atom. The molecule has 0 radical (unpaired) electrons. The lowest BCUT2D eigenvalue weighted by molar-refractivity contribution is -0.143. The average Bonchev–Trinajstić information content (AvgIpc) is 2.50. The summed E-state index contributed by atoms with van der Waals surface area (Å²) in [6.07, 6.45) is 1.10. The zero-order valence-corrected chi connectivity index (χ0v) is 14.0. The van der Waals surface area contributed by atoms with Crippen molar-refractivity contribution in [2.75, 3.05) is 13.2 Å². The van der Waals surface area contributed by atoms with Gasteiger partial charge in [-0.25, -0.2) is 4.79 Å². The second-order valence-corrected chi connectivity index (χ2v) is 4.90. The minimum atomic E-state index is -1.17. The number of hydrogen-bond acceptors (Lipinski definition) is 6. The second-order valence-electron chi connectivity index (χ2n) is 4.11. The first kappa shape index (κ1) is 18.9. The molecule has 0 aliphatic heterocycles. The monoisotopic (exact) mass is 356 g/mol. The maximum atomic E-state index is 11.9. The zero-order chi connectivity index (χ0) is 17.4. The first-order valence-electron chi connectivity index (χ1n) is 6.71. The van der Waals surface area contributed by atoms with E-state index in [0.717, 1.165) is 6.21 Å². The molecule has 0 aliphatic carbocycles. The average molecular weight is 357 g/mol. The van der Waals surface area contributed by atoms with E-state index >= 15 is 0 Å². The molecule has 1 aromatic carbocycles. The van der Waals surface area contributed by atoms with Crippen molar-refractivity contribution in [1.82, 2.24) is 0 Å². The Hall–Kier alpha value is -2.10. The lowest BCUT2D eigenvalue weighted by atomic mass is 10.2. The number of rotatable bonds is 6. The van der Waals surface area contributed by atoms with Gasteiger partial charge in [0.1, 0.15) is 0 Å². The van der Waals surface area contributed by atoms with Gasteiger partial charge in [-0.2, -0.15) is 5.26 Å². The molecule has 0 fully saturated rings. The number of nitriles is 1. The van der Waals surface area contributed by atoms with Crippen LogP contribution >= 0.6 is 23.2 Å². The highest BCUT2D eigenvalue weighted by Crippen LogP contribution is 2.34. The van der Waals surface area contributed by atoms with E-state index in [4.69, 9.17) is 37.9 Å². The summed E-state index contributed by atoms with van der Waals surface area (Å²) in [4.78, 5) is 27.4. The molecule has 0 N–H and O–H groups in total. The molecule has 0 spiro atoms. The molecule has 23 heavy (non-hydrogen) atoms. The summed E-state index contributed by atoms with van der Waals surface area (Å²) < 4.78 is 9.62. The summed E-state index contributed by atoms with van der Waals surface area (Å²) in [6.45, 7) is 3.60. The first-order valence-corrected chi connectivity index (χ1v) is 7.47. The fourth-order valence-electron chi connectivity index (χ4n) is 1.57. The number of carbonyl (C=O) groups is 2. The van der Waals surface area contributed by atoms with Gasteiger partial charge < -0.3 is 9.47 Å². The van der Waals surface area contributed by atoms with E-state index in [0.29, 0.717) is 0 Å². The van der Waals surface area contributed by atoms with Crippen molar-refractivity contribution in [1.29, 1.82) is 5.26 Å². The number of aliphatic imine (C=N–C) groups is 1. The molecule has 6 nitrogen and oxygen atoms in total. The fourth-order valence-corrected chi connectivity index (χ4v) is 2.14. The molecule has 8 heteroatoms. The van der Waals surface area contributed by atoms with E-state index in [9.17, 15) is 9.59 Å². The number of ether oxygens (including phenoxy) is 2. The predicted octanol–water partition coefficient (Wildman–Crippen LogP) is 3.58. The molecule has 0 heterocycles. The molecule has 1 atom stereocenters. The lowest BCUT2D eigenvalue weighted by Crippen LogP contribution is -2.17. The van der Waals surface area contributed by atoms with Crippen LogP contribution in [0.5, 0.6) is 0 Å². The van der Waals surface area contributed by atoms with Crippen LogP contribution in [0.1, 0.15) is 24.2 Å². The van der Waals surface area contributed by atoms with Crippen molar-refractivity contribution in [2.24, 2.45) is 10.9 Å².